The van der Waals surface area contributed by atoms with Gasteiger partial charge in [0.15, 0.2) is 0 Å². The van der Waals surface area contributed by atoms with Crippen LogP contribution < -0.4 is 15.4 Å². The van der Waals surface area contributed by atoms with Crippen LogP contribution >= 0.6 is 12.4 Å². The smallest absolute Gasteiger partial charge is 0.252 e. The number of nitrogens with one attached hydrogen (secondary N) is 2. The number of amides is 1. The molecule has 1 atom stereocenters. The standard InChI is InChI=1S/C20H24N2O2.ClH/c1-13-9-10-19(24-3)17(12-13)14(2)22-20(23)16-6-4-8-18-15(16)7-5-11-21-18;/h4,6,8-10,12,14,21H,5,7,11H2,1-3H3,(H,22,23);1H. The summed E-state index contributed by atoms with van der Waals surface area (Å²) in [7, 11) is 1.65. The first-order chi connectivity index (χ1) is 11.6. The zero-order chi connectivity index (χ0) is 17.1. The Labute approximate surface area is 155 Å². The summed E-state index contributed by atoms with van der Waals surface area (Å²) in [5.74, 6) is 0.761. The lowest BCUT2D eigenvalue weighted by Gasteiger charge is -2.22. The molecule has 0 fully saturated rings. The number of hydrogen-bond donors (Lipinski definition) is 2. The molecule has 1 aliphatic heterocycles. The summed E-state index contributed by atoms with van der Waals surface area (Å²) >= 11 is 0. The molecule has 0 radical (unpaired) electrons. The average molecular weight is 361 g/mol. The van der Waals surface area contributed by atoms with Crippen LogP contribution in [0.3, 0.4) is 0 Å². The minimum atomic E-state index is -0.125. The second-order valence-corrected chi connectivity index (χ2v) is 6.30. The van der Waals surface area contributed by atoms with Gasteiger partial charge in [0, 0.05) is 23.4 Å². The molecular formula is C20H25ClN2O2. The maximum absolute atomic E-state index is 12.8. The summed E-state index contributed by atoms with van der Waals surface area (Å²) in [6.45, 7) is 4.99. The third-order valence-corrected chi connectivity index (χ3v) is 4.54. The maximum atomic E-state index is 12.8. The number of benzene rings is 2. The Bertz CT molecular complexity index is 761. The number of hydrogen-bond acceptors (Lipinski definition) is 3. The number of halogens is 1. The lowest BCUT2D eigenvalue weighted by molar-refractivity contribution is 0.0938. The molecule has 25 heavy (non-hydrogen) atoms. The Morgan fingerprint density at radius 1 is 1.28 bits per heavy atom. The van der Waals surface area contributed by atoms with E-state index in [4.69, 9.17) is 4.74 Å². The van der Waals surface area contributed by atoms with Gasteiger partial charge in [-0.25, -0.2) is 0 Å². The first kappa shape index (κ1) is 19.1. The summed E-state index contributed by atoms with van der Waals surface area (Å²) in [5, 5.41) is 6.49. The third-order valence-electron chi connectivity index (χ3n) is 4.54. The first-order valence-electron chi connectivity index (χ1n) is 8.41. The highest BCUT2D eigenvalue weighted by atomic mass is 35.5. The Balaban J connectivity index is 0.00000225. The topological polar surface area (TPSA) is 50.4 Å². The van der Waals surface area contributed by atoms with Gasteiger partial charge in [-0.1, -0.05) is 23.8 Å². The molecule has 2 N–H and O–H groups in total. The molecule has 4 nitrogen and oxygen atoms in total. The normalized spacial score (nSPS) is 13.7. The summed E-state index contributed by atoms with van der Waals surface area (Å²) in [6, 6.07) is 11.8. The van der Waals surface area contributed by atoms with Crippen molar-refractivity contribution in [2.75, 3.05) is 19.0 Å². The van der Waals surface area contributed by atoms with Crippen molar-refractivity contribution in [1.82, 2.24) is 5.32 Å². The average Bonchev–Trinajstić information content (AvgIpc) is 2.61. The largest absolute Gasteiger partial charge is 0.496 e. The Hall–Kier alpha value is -2.20. The van der Waals surface area contributed by atoms with Crippen molar-refractivity contribution in [1.29, 1.82) is 0 Å². The molecule has 1 aliphatic rings. The van der Waals surface area contributed by atoms with Crippen LogP contribution in [0.15, 0.2) is 36.4 Å². The van der Waals surface area contributed by atoms with Crippen molar-refractivity contribution in [3.05, 3.63) is 58.7 Å². The van der Waals surface area contributed by atoms with E-state index in [1.807, 2.05) is 44.2 Å². The fraction of sp³-hybridized carbons (Fsp3) is 0.350. The van der Waals surface area contributed by atoms with E-state index in [2.05, 4.69) is 16.7 Å². The van der Waals surface area contributed by atoms with Gasteiger partial charge in [0.25, 0.3) is 5.91 Å². The molecule has 0 aliphatic carbocycles. The highest BCUT2D eigenvalue weighted by Crippen LogP contribution is 2.28. The molecule has 0 spiro atoms. The molecule has 0 saturated heterocycles. The van der Waals surface area contributed by atoms with E-state index in [1.54, 1.807) is 7.11 Å². The van der Waals surface area contributed by atoms with Gasteiger partial charge in [-0.3, -0.25) is 4.79 Å². The number of fused-ring (bicyclic) bond motifs is 1. The summed E-state index contributed by atoms with van der Waals surface area (Å²) in [6.07, 6.45) is 1.99. The molecule has 5 heteroatoms. The lowest BCUT2D eigenvalue weighted by Crippen LogP contribution is -2.29. The first-order valence-corrected chi connectivity index (χ1v) is 8.41. The predicted molar refractivity (Wildman–Crippen MR) is 104 cm³/mol. The molecule has 1 amide bonds. The van der Waals surface area contributed by atoms with Gasteiger partial charge in [-0.05, 0) is 50.5 Å². The molecule has 134 valence electrons. The second kappa shape index (κ2) is 8.26. The highest BCUT2D eigenvalue weighted by Gasteiger charge is 2.20. The number of methoxy groups -OCH3 is 1. The fourth-order valence-electron chi connectivity index (χ4n) is 3.27. The van der Waals surface area contributed by atoms with Gasteiger partial charge in [0.05, 0.1) is 13.2 Å². The van der Waals surface area contributed by atoms with E-state index in [9.17, 15) is 4.79 Å². The van der Waals surface area contributed by atoms with Crippen molar-refractivity contribution in [2.45, 2.75) is 32.7 Å². The van der Waals surface area contributed by atoms with E-state index in [0.29, 0.717) is 0 Å². The molecule has 2 aromatic carbocycles. The van der Waals surface area contributed by atoms with Gasteiger partial charge in [-0.2, -0.15) is 0 Å². The zero-order valence-corrected chi connectivity index (χ0v) is 15.7. The lowest BCUT2D eigenvalue weighted by atomic mass is 9.96. The van der Waals surface area contributed by atoms with Gasteiger partial charge in [0.2, 0.25) is 0 Å². The van der Waals surface area contributed by atoms with E-state index in [1.165, 1.54) is 0 Å². The highest BCUT2D eigenvalue weighted by molar-refractivity contribution is 5.97. The summed E-state index contributed by atoms with van der Waals surface area (Å²) in [4.78, 5) is 12.8. The molecule has 0 aromatic heterocycles. The van der Waals surface area contributed by atoms with Gasteiger partial charge in [-0.15, -0.1) is 12.4 Å². The number of aryl methyl sites for hydroxylation is 1. The van der Waals surface area contributed by atoms with Crippen molar-refractivity contribution in [2.24, 2.45) is 0 Å². The van der Waals surface area contributed by atoms with Crippen molar-refractivity contribution < 1.29 is 9.53 Å². The predicted octanol–water partition coefficient (Wildman–Crippen LogP) is 4.27. The molecule has 1 unspecified atom stereocenters. The summed E-state index contributed by atoms with van der Waals surface area (Å²) in [5.41, 5.74) is 5.10. The molecule has 2 aromatic rings. The Morgan fingerprint density at radius 2 is 2.08 bits per heavy atom. The van der Waals surface area contributed by atoms with Crippen molar-refractivity contribution in [3.8, 4) is 5.75 Å². The van der Waals surface area contributed by atoms with Gasteiger partial charge in [0.1, 0.15) is 5.75 Å². The van der Waals surface area contributed by atoms with Crippen molar-refractivity contribution >= 4 is 24.0 Å². The fourth-order valence-corrected chi connectivity index (χ4v) is 3.27. The van der Waals surface area contributed by atoms with Crippen LogP contribution in [-0.2, 0) is 6.42 Å². The zero-order valence-electron chi connectivity index (χ0n) is 14.9. The molecular weight excluding hydrogens is 336 g/mol. The van der Waals surface area contributed by atoms with Crippen LogP contribution in [0, 0.1) is 6.92 Å². The monoisotopic (exact) mass is 360 g/mol. The number of anilines is 1. The maximum Gasteiger partial charge on any atom is 0.252 e. The Morgan fingerprint density at radius 3 is 2.84 bits per heavy atom. The van der Waals surface area contributed by atoms with Crippen molar-refractivity contribution in [3.63, 3.8) is 0 Å². The quantitative estimate of drug-likeness (QED) is 0.855. The van der Waals surface area contributed by atoms with E-state index >= 15 is 0 Å². The second-order valence-electron chi connectivity index (χ2n) is 6.30. The van der Waals surface area contributed by atoms with Crippen LogP contribution in [-0.4, -0.2) is 19.6 Å². The Kier molecular flexibility index (Phi) is 6.32. The number of carbonyl (C=O) groups excluding carboxylic acids is 1. The van der Waals surface area contributed by atoms with E-state index in [0.717, 1.165) is 53.1 Å². The van der Waals surface area contributed by atoms with Crippen LogP contribution in [0.4, 0.5) is 5.69 Å². The number of carbonyl (C=O) groups is 1. The van der Waals surface area contributed by atoms with E-state index in [-0.39, 0.29) is 24.4 Å². The van der Waals surface area contributed by atoms with Crippen LogP contribution in [0.5, 0.6) is 5.75 Å². The summed E-state index contributed by atoms with van der Waals surface area (Å²) < 4.78 is 5.44. The van der Waals surface area contributed by atoms with E-state index < -0.39 is 0 Å². The van der Waals surface area contributed by atoms with Crippen LogP contribution in [0.1, 0.15) is 46.4 Å². The van der Waals surface area contributed by atoms with Gasteiger partial charge >= 0.3 is 0 Å². The van der Waals surface area contributed by atoms with Crippen LogP contribution in [0.2, 0.25) is 0 Å². The molecule has 3 rings (SSSR count). The number of ether oxygens (including phenoxy) is 1. The van der Waals surface area contributed by atoms with Gasteiger partial charge < -0.3 is 15.4 Å². The molecule has 0 bridgehead atoms. The van der Waals surface area contributed by atoms with Crippen LogP contribution in [0.25, 0.3) is 0 Å². The third kappa shape index (κ3) is 4.07. The molecule has 1 heterocycles. The minimum absolute atomic E-state index is 0. The number of rotatable bonds is 4. The SMILES string of the molecule is COc1ccc(C)cc1C(C)NC(=O)c1cccc2c1CCCN2.Cl. The molecule has 0 saturated carbocycles. The minimum Gasteiger partial charge on any atom is -0.496 e.